The Hall–Kier alpha value is -1.51. The Balaban J connectivity index is 2.25. The van der Waals surface area contributed by atoms with Gasteiger partial charge in [0, 0.05) is 11.4 Å². The summed E-state index contributed by atoms with van der Waals surface area (Å²) in [6.45, 7) is 0. The first kappa shape index (κ1) is 8.77. The van der Waals surface area contributed by atoms with Crippen molar-refractivity contribution in [2.24, 2.45) is 0 Å². The van der Waals surface area contributed by atoms with Crippen molar-refractivity contribution in [3.63, 3.8) is 0 Å². The van der Waals surface area contributed by atoms with Crippen molar-refractivity contribution in [2.45, 2.75) is 25.3 Å². The van der Waals surface area contributed by atoms with E-state index in [4.69, 9.17) is 5.73 Å². The van der Waals surface area contributed by atoms with Gasteiger partial charge in [-0.2, -0.15) is 0 Å². The molecule has 1 saturated carbocycles. The van der Waals surface area contributed by atoms with E-state index in [1.165, 1.54) is 12.5 Å². The number of benzene rings is 1. The van der Waals surface area contributed by atoms with Crippen LogP contribution < -0.4 is 5.73 Å². The Kier molecular flexibility index (Phi) is 1.75. The molecule has 3 rings (SSSR count). The number of fused-ring (bicyclic) bond motifs is 1. The van der Waals surface area contributed by atoms with E-state index >= 15 is 0 Å². The molecule has 15 heavy (non-hydrogen) atoms. The molecule has 0 radical (unpaired) electrons. The smallest absolute Gasteiger partial charge is 0.125 e. The van der Waals surface area contributed by atoms with Crippen LogP contribution in [0.3, 0.4) is 0 Å². The first-order chi connectivity index (χ1) is 7.25. The van der Waals surface area contributed by atoms with Crippen LogP contribution in [-0.2, 0) is 0 Å². The van der Waals surface area contributed by atoms with Crippen LogP contribution in [0.4, 0.5) is 10.2 Å². The molecule has 0 saturated heterocycles. The number of nitrogen functional groups attached to an aromatic ring is 1. The highest BCUT2D eigenvalue weighted by Crippen LogP contribution is 2.37. The van der Waals surface area contributed by atoms with E-state index in [9.17, 15) is 4.39 Å². The highest BCUT2D eigenvalue weighted by atomic mass is 19.1. The zero-order valence-corrected chi connectivity index (χ0v) is 8.41. The van der Waals surface area contributed by atoms with Gasteiger partial charge in [-0.1, -0.05) is 0 Å². The zero-order valence-electron chi connectivity index (χ0n) is 8.41. The number of hydrogen-bond acceptors (Lipinski definition) is 1. The summed E-state index contributed by atoms with van der Waals surface area (Å²) in [6.07, 6.45) is 3.56. The average Bonchev–Trinajstić information content (AvgIpc) is 2.42. The van der Waals surface area contributed by atoms with Crippen molar-refractivity contribution in [3.8, 4) is 0 Å². The Morgan fingerprint density at radius 2 is 2.07 bits per heavy atom. The quantitative estimate of drug-likeness (QED) is 0.760. The summed E-state index contributed by atoms with van der Waals surface area (Å²) in [6, 6.07) is 7.24. The highest BCUT2D eigenvalue weighted by Gasteiger charge is 2.22. The average molecular weight is 204 g/mol. The lowest BCUT2D eigenvalue weighted by Gasteiger charge is -2.29. The molecular weight excluding hydrogens is 191 g/mol. The normalized spacial score (nSPS) is 16.9. The topological polar surface area (TPSA) is 30.9 Å². The van der Waals surface area contributed by atoms with Crippen LogP contribution in [-0.4, -0.2) is 4.57 Å². The van der Waals surface area contributed by atoms with E-state index < -0.39 is 0 Å². The second kappa shape index (κ2) is 2.99. The maximum Gasteiger partial charge on any atom is 0.125 e. The molecule has 1 aromatic heterocycles. The molecule has 0 aliphatic heterocycles. The minimum atomic E-state index is -0.193. The molecule has 0 atom stereocenters. The summed E-state index contributed by atoms with van der Waals surface area (Å²) in [4.78, 5) is 0. The van der Waals surface area contributed by atoms with Crippen molar-refractivity contribution in [2.75, 3.05) is 5.73 Å². The number of anilines is 1. The third-order valence-corrected chi connectivity index (χ3v) is 3.27. The Labute approximate surface area is 87.5 Å². The van der Waals surface area contributed by atoms with Crippen molar-refractivity contribution in [3.05, 3.63) is 30.1 Å². The summed E-state index contributed by atoms with van der Waals surface area (Å²) in [5.74, 6) is 0.557. The molecule has 0 amide bonds. The molecule has 0 bridgehead atoms. The molecule has 1 aromatic carbocycles. The highest BCUT2D eigenvalue weighted by molar-refractivity contribution is 5.84. The molecule has 78 valence electrons. The van der Waals surface area contributed by atoms with Gasteiger partial charge < -0.3 is 10.3 Å². The molecule has 1 aliphatic carbocycles. The van der Waals surface area contributed by atoms with Gasteiger partial charge in [-0.25, -0.2) is 4.39 Å². The standard InChI is InChI=1S/C12H13FN2/c13-9-5-4-8-6-12(14)15(11(8)7-9)10-2-1-3-10/h4-7,10H,1-3,14H2. The van der Waals surface area contributed by atoms with Gasteiger partial charge >= 0.3 is 0 Å². The minimum Gasteiger partial charge on any atom is -0.385 e. The molecule has 1 heterocycles. The molecule has 0 spiro atoms. The molecule has 2 N–H and O–H groups in total. The monoisotopic (exact) mass is 204 g/mol. The molecule has 2 nitrogen and oxygen atoms in total. The van der Waals surface area contributed by atoms with Gasteiger partial charge in [0.15, 0.2) is 0 Å². The predicted molar refractivity (Wildman–Crippen MR) is 59.2 cm³/mol. The van der Waals surface area contributed by atoms with Gasteiger partial charge in [0.1, 0.15) is 11.6 Å². The second-order valence-corrected chi connectivity index (χ2v) is 4.23. The van der Waals surface area contributed by atoms with Crippen LogP contribution in [0.15, 0.2) is 24.3 Å². The molecule has 1 aliphatic rings. The van der Waals surface area contributed by atoms with E-state index in [2.05, 4.69) is 4.57 Å². The van der Waals surface area contributed by atoms with Gasteiger partial charge in [0.25, 0.3) is 0 Å². The zero-order chi connectivity index (χ0) is 10.4. The number of hydrogen-bond donors (Lipinski definition) is 1. The van der Waals surface area contributed by atoms with Crippen molar-refractivity contribution in [1.82, 2.24) is 4.57 Å². The fourth-order valence-electron chi connectivity index (χ4n) is 2.27. The third kappa shape index (κ3) is 1.23. The fourth-order valence-corrected chi connectivity index (χ4v) is 2.27. The maximum absolute atomic E-state index is 13.2. The van der Waals surface area contributed by atoms with Gasteiger partial charge in [-0.3, -0.25) is 0 Å². The van der Waals surface area contributed by atoms with Gasteiger partial charge in [0.2, 0.25) is 0 Å². The summed E-state index contributed by atoms with van der Waals surface area (Å²) in [5.41, 5.74) is 6.88. The van der Waals surface area contributed by atoms with E-state index in [0.29, 0.717) is 6.04 Å². The summed E-state index contributed by atoms with van der Waals surface area (Å²) in [5, 5.41) is 1.03. The van der Waals surface area contributed by atoms with Gasteiger partial charge in [0.05, 0.1) is 5.52 Å². The van der Waals surface area contributed by atoms with Crippen LogP contribution in [0.25, 0.3) is 10.9 Å². The Morgan fingerprint density at radius 1 is 1.27 bits per heavy atom. The molecule has 0 unspecified atom stereocenters. The summed E-state index contributed by atoms with van der Waals surface area (Å²) < 4.78 is 15.2. The number of nitrogens with two attached hydrogens (primary N) is 1. The molecule has 3 heteroatoms. The second-order valence-electron chi connectivity index (χ2n) is 4.23. The van der Waals surface area contributed by atoms with Crippen LogP contribution in [0.5, 0.6) is 0 Å². The largest absolute Gasteiger partial charge is 0.385 e. The van der Waals surface area contributed by atoms with Gasteiger partial charge in [-0.15, -0.1) is 0 Å². The first-order valence-corrected chi connectivity index (χ1v) is 5.31. The first-order valence-electron chi connectivity index (χ1n) is 5.31. The van der Waals surface area contributed by atoms with Crippen LogP contribution >= 0.6 is 0 Å². The predicted octanol–water partition coefficient (Wildman–Crippen LogP) is 3.09. The summed E-state index contributed by atoms with van der Waals surface area (Å²) in [7, 11) is 0. The minimum absolute atomic E-state index is 0.193. The lowest BCUT2D eigenvalue weighted by Crippen LogP contribution is -2.18. The van der Waals surface area contributed by atoms with Crippen molar-refractivity contribution in [1.29, 1.82) is 0 Å². The van der Waals surface area contributed by atoms with Gasteiger partial charge in [-0.05, 0) is 43.5 Å². The summed E-state index contributed by atoms with van der Waals surface area (Å²) >= 11 is 0. The van der Waals surface area contributed by atoms with E-state index in [1.807, 2.05) is 6.07 Å². The number of nitrogens with zero attached hydrogens (tertiary/aromatic N) is 1. The van der Waals surface area contributed by atoms with Crippen LogP contribution in [0.2, 0.25) is 0 Å². The molecule has 1 fully saturated rings. The number of aromatic nitrogens is 1. The van der Waals surface area contributed by atoms with Crippen LogP contribution in [0, 0.1) is 5.82 Å². The van der Waals surface area contributed by atoms with E-state index in [1.54, 1.807) is 12.1 Å². The Bertz CT molecular complexity index is 512. The number of rotatable bonds is 1. The fraction of sp³-hybridized carbons (Fsp3) is 0.333. The lowest BCUT2D eigenvalue weighted by molar-refractivity contribution is 0.325. The molecule has 2 aromatic rings. The molecular formula is C12H13FN2. The van der Waals surface area contributed by atoms with E-state index in [-0.39, 0.29) is 5.82 Å². The van der Waals surface area contributed by atoms with Crippen LogP contribution in [0.1, 0.15) is 25.3 Å². The number of halogens is 1. The van der Waals surface area contributed by atoms with E-state index in [0.717, 1.165) is 29.6 Å². The SMILES string of the molecule is Nc1cc2ccc(F)cc2n1C1CCC1. The van der Waals surface area contributed by atoms with Crippen molar-refractivity contribution >= 4 is 16.7 Å². The third-order valence-electron chi connectivity index (χ3n) is 3.27. The van der Waals surface area contributed by atoms with Crippen molar-refractivity contribution < 1.29 is 4.39 Å². The lowest BCUT2D eigenvalue weighted by atomic mass is 9.93. The Morgan fingerprint density at radius 3 is 2.73 bits per heavy atom. The maximum atomic E-state index is 13.2.